The number of aryl methyl sites for hydroxylation is 1. The van der Waals surface area contributed by atoms with Gasteiger partial charge in [0.25, 0.3) is 5.91 Å². The minimum absolute atomic E-state index is 0.0627. The molecule has 1 N–H and O–H groups in total. The second-order valence-corrected chi connectivity index (χ2v) is 9.55. The summed E-state index contributed by atoms with van der Waals surface area (Å²) >= 11 is 0. The number of hydrogen-bond acceptors (Lipinski definition) is 3. The number of benzene rings is 2. The van der Waals surface area contributed by atoms with Crippen LogP contribution in [0.3, 0.4) is 0 Å². The molecule has 0 saturated carbocycles. The molecule has 0 aliphatic heterocycles. The molecule has 1 heterocycles. The Morgan fingerprint density at radius 3 is 2.16 bits per heavy atom. The molecule has 0 bridgehead atoms. The Bertz CT molecular complexity index is 1260. The second kappa shape index (κ2) is 8.44. The lowest BCUT2D eigenvalue weighted by Crippen LogP contribution is -2.22. The molecule has 2 aromatic carbocycles. The minimum Gasteiger partial charge on any atom is -0.322 e. The third kappa shape index (κ3) is 4.42. The molecule has 3 rings (SSSR count). The first kappa shape index (κ1) is 23.6. The first-order chi connectivity index (χ1) is 14.8. The first-order valence-electron chi connectivity index (χ1n) is 9.53. The van der Waals surface area contributed by atoms with E-state index in [1.54, 1.807) is 13.8 Å². The number of nitrogens with zero attached hydrogens (tertiary/aromatic N) is 2. The van der Waals surface area contributed by atoms with Crippen LogP contribution in [0.15, 0.2) is 59.5 Å². The molecule has 0 saturated heterocycles. The Morgan fingerprint density at radius 1 is 1.00 bits per heavy atom. The van der Waals surface area contributed by atoms with E-state index in [1.165, 1.54) is 67.2 Å². The highest BCUT2D eigenvalue weighted by atomic mass is 32.2. The number of nitrogens with one attached hydrogen (secondary N) is 1. The largest absolute Gasteiger partial charge is 0.418 e. The van der Waals surface area contributed by atoms with Crippen LogP contribution in [-0.4, -0.2) is 37.3 Å². The molecule has 32 heavy (non-hydrogen) atoms. The summed E-state index contributed by atoms with van der Waals surface area (Å²) in [4.78, 5) is 12.9. The van der Waals surface area contributed by atoms with E-state index >= 15 is 0 Å². The summed E-state index contributed by atoms with van der Waals surface area (Å²) in [6, 6.07) is 12.3. The summed E-state index contributed by atoms with van der Waals surface area (Å²) in [6.07, 6.45) is -4.54. The standard InChI is InChI=1S/C22H22F3N3O3S/c1-14-13-18(15(2)28(14)20-8-6-5-7-19(20)22(23,24)25)21(29)26-16-9-11-17(12-10-16)32(30,31)27(3)4/h5-13H,1-4H3,(H,26,29). The summed E-state index contributed by atoms with van der Waals surface area (Å²) in [7, 11) is -0.776. The van der Waals surface area contributed by atoms with E-state index in [9.17, 15) is 26.4 Å². The highest BCUT2D eigenvalue weighted by Crippen LogP contribution is 2.35. The SMILES string of the molecule is Cc1cc(C(=O)Nc2ccc(S(=O)(=O)N(C)C)cc2)c(C)n1-c1ccccc1C(F)(F)F. The Morgan fingerprint density at radius 2 is 1.59 bits per heavy atom. The van der Waals surface area contributed by atoms with E-state index < -0.39 is 27.7 Å². The van der Waals surface area contributed by atoms with Crippen molar-refractivity contribution in [3.05, 3.63) is 77.1 Å². The fourth-order valence-corrected chi connectivity index (χ4v) is 4.29. The van der Waals surface area contributed by atoms with Crippen LogP contribution < -0.4 is 5.32 Å². The maximum Gasteiger partial charge on any atom is 0.418 e. The molecule has 0 atom stereocenters. The predicted octanol–water partition coefficient (Wildman–Crippen LogP) is 4.62. The van der Waals surface area contributed by atoms with Crippen molar-refractivity contribution in [2.75, 3.05) is 19.4 Å². The van der Waals surface area contributed by atoms with E-state index in [2.05, 4.69) is 5.32 Å². The monoisotopic (exact) mass is 465 g/mol. The van der Waals surface area contributed by atoms with Crippen LogP contribution in [0.4, 0.5) is 18.9 Å². The van der Waals surface area contributed by atoms with E-state index in [1.807, 2.05) is 0 Å². The highest BCUT2D eigenvalue weighted by Gasteiger charge is 2.34. The van der Waals surface area contributed by atoms with E-state index in [4.69, 9.17) is 0 Å². The zero-order chi connectivity index (χ0) is 23.8. The molecular formula is C22H22F3N3O3S. The molecule has 1 amide bonds. The van der Waals surface area contributed by atoms with Gasteiger partial charge in [-0.15, -0.1) is 0 Å². The fraction of sp³-hybridized carbons (Fsp3) is 0.227. The molecule has 6 nitrogen and oxygen atoms in total. The van der Waals surface area contributed by atoms with Gasteiger partial charge in [-0.25, -0.2) is 12.7 Å². The number of halogens is 3. The summed E-state index contributed by atoms with van der Waals surface area (Å²) in [6.45, 7) is 3.19. The molecule has 0 aliphatic rings. The predicted molar refractivity (Wildman–Crippen MR) is 116 cm³/mol. The van der Waals surface area contributed by atoms with Crippen molar-refractivity contribution in [2.24, 2.45) is 0 Å². The van der Waals surface area contributed by atoms with Crippen molar-refractivity contribution in [1.29, 1.82) is 0 Å². The highest BCUT2D eigenvalue weighted by molar-refractivity contribution is 7.89. The average molecular weight is 465 g/mol. The quantitative estimate of drug-likeness (QED) is 0.598. The van der Waals surface area contributed by atoms with E-state index in [-0.39, 0.29) is 16.1 Å². The van der Waals surface area contributed by atoms with Gasteiger partial charge in [0.05, 0.1) is 21.7 Å². The number of aromatic nitrogens is 1. The summed E-state index contributed by atoms with van der Waals surface area (Å²) < 4.78 is 67.2. The number of alkyl halides is 3. The van der Waals surface area contributed by atoms with Gasteiger partial charge in [-0.2, -0.15) is 13.2 Å². The van der Waals surface area contributed by atoms with Crippen molar-refractivity contribution in [3.63, 3.8) is 0 Å². The zero-order valence-corrected chi connectivity index (χ0v) is 18.7. The maximum absolute atomic E-state index is 13.5. The van der Waals surface area contributed by atoms with E-state index in [0.717, 1.165) is 10.4 Å². The number of sulfonamides is 1. The lowest BCUT2D eigenvalue weighted by molar-refractivity contribution is -0.137. The molecule has 0 spiro atoms. The van der Waals surface area contributed by atoms with Gasteiger partial charge in [-0.1, -0.05) is 12.1 Å². The Kier molecular flexibility index (Phi) is 6.21. The second-order valence-electron chi connectivity index (χ2n) is 7.40. The van der Waals surface area contributed by atoms with Gasteiger partial charge in [0, 0.05) is 31.2 Å². The number of carbonyl (C=O) groups excluding carboxylic acids is 1. The smallest absolute Gasteiger partial charge is 0.322 e. The molecule has 10 heteroatoms. The Balaban J connectivity index is 1.93. The normalized spacial score (nSPS) is 12.2. The lowest BCUT2D eigenvalue weighted by atomic mass is 10.1. The number of amides is 1. The number of anilines is 1. The molecular weight excluding hydrogens is 443 g/mol. The van der Waals surface area contributed by atoms with Gasteiger partial charge in [0.15, 0.2) is 0 Å². The van der Waals surface area contributed by atoms with Gasteiger partial charge in [0.1, 0.15) is 0 Å². The molecule has 0 radical (unpaired) electrons. The number of hydrogen-bond donors (Lipinski definition) is 1. The van der Waals surface area contributed by atoms with Crippen molar-refractivity contribution >= 4 is 21.6 Å². The van der Waals surface area contributed by atoms with Crippen molar-refractivity contribution in [1.82, 2.24) is 8.87 Å². The summed E-state index contributed by atoms with van der Waals surface area (Å²) in [5.41, 5.74) is 0.525. The molecule has 0 fully saturated rings. The van der Waals surface area contributed by atoms with Crippen LogP contribution >= 0.6 is 0 Å². The Labute approximate surface area is 184 Å². The summed E-state index contributed by atoms with van der Waals surface area (Å²) in [5.74, 6) is -0.517. The first-order valence-corrected chi connectivity index (χ1v) is 11.0. The van der Waals surface area contributed by atoms with E-state index in [0.29, 0.717) is 17.1 Å². The van der Waals surface area contributed by atoms with Crippen molar-refractivity contribution in [3.8, 4) is 5.69 Å². The average Bonchev–Trinajstić information content (AvgIpc) is 3.01. The molecule has 0 aliphatic carbocycles. The topological polar surface area (TPSA) is 71.4 Å². The Hall–Kier alpha value is -3.11. The van der Waals surface area contributed by atoms with Crippen molar-refractivity contribution in [2.45, 2.75) is 24.9 Å². The third-order valence-corrected chi connectivity index (χ3v) is 6.85. The van der Waals surface area contributed by atoms with Gasteiger partial charge < -0.3 is 9.88 Å². The van der Waals surface area contributed by atoms with Crippen LogP contribution in [0, 0.1) is 13.8 Å². The summed E-state index contributed by atoms with van der Waals surface area (Å²) in [5, 5.41) is 2.66. The van der Waals surface area contributed by atoms with Crippen LogP contribution in [0.25, 0.3) is 5.69 Å². The van der Waals surface area contributed by atoms with Gasteiger partial charge in [0.2, 0.25) is 10.0 Å². The molecule has 3 aromatic rings. The number of para-hydroxylation sites is 1. The molecule has 1 aromatic heterocycles. The zero-order valence-electron chi connectivity index (χ0n) is 17.9. The maximum atomic E-state index is 13.5. The van der Waals surface area contributed by atoms with Crippen LogP contribution in [0.1, 0.15) is 27.3 Å². The van der Waals surface area contributed by atoms with Crippen LogP contribution in [0.5, 0.6) is 0 Å². The molecule has 170 valence electrons. The number of carbonyl (C=O) groups is 1. The van der Waals surface area contributed by atoms with Crippen LogP contribution in [-0.2, 0) is 16.2 Å². The number of rotatable bonds is 5. The third-order valence-electron chi connectivity index (χ3n) is 5.02. The van der Waals surface area contributed by atoms with Crippen molar-refractivity contribution < 1.29 is 26.4 Å². The fourth-order valence-electron chi connectivity index (χ4n) is 3.39. The van der Waals surface area contributed by atoms with Gasteiger partial charge >= 0.3 is 6.18 Å². The van der Waals surface area contributed by atoms with Gasteiger partial charge in [-0.05, 0) is 56.3 Å². The minimum atomic E-state index is -4.54. The van der Waals surface area contributed by atoms with Crippen LogP contribution in [0.2, 0.25) is 0 Å². The lowest BCUT2D eigenvalue weighted by Gasteiger charge is -2.17. The molecule has 0 unspecified atom stereocenters. The van der Waals surface area contributed by atoms with Gasteiger partial charge in [-0.3, -0.25) is 4.79 Å².